The van der Waals surface area contributed by atoms with Crippen molar-refractivity contribution in [1.29, 1.82) is 0 Å². The largest absolute Gasteiger partial charge is 0.463 e. The van der Waals surface area contributed by atoms with Gasteiger partial charge in [0.1, 0.15) is 0 Å². The Labute approximate surface area is 167 Å². The van der Waals surface area contributed by atoms with Crippen LogP contribution in [0.1, 0.15) is 51.3 Å². The van der Waals surface area contributed by atoms with Crippen LogP contribution in [0.4, 0.5) is 0 Å². The molecule has 1 aromatic heterocycles. The maximum absolute atomic E-state index is 11.7. The van der Waals surface area contributed by atoms with Crippen molar-refractivity contribution < 1.29 is 9.53 Å². The molecule has 28 heavy (non-hydrogen) atoms. The molecule has 3 aromatic rings. The second kappa shape index (κ2) is 8.92. The van der Waals surface area contributed by atoms with Crippen LogP contribution >= 0.6 is 0 Å². The van der Waals surface area contributed by atoms with E-state index in [4.69, 9.17) is 4.74 Å². The Morgan fingerprint density at radius 3 is 2.54 bits per heavy atom. The first-order valence-corrected chi connectivity index (χ1v) is 10.0. The molecule has 3 heteroatoms. The molecule has 0 N–H and O–H groups in total. The highest BCUT2D eigenvalue weighted by Gasteiger charge is 2.17. The van der Waals surface area contributed by atoms with E-state index in [1.165, 1.54) is 16.5 Å². The molecule has 3 nitrogen and oxygen atoms in total. The van der Waals surface area contributed by atoms with E-state index in [9.17, 15) is 4.79 Å². The minimum atomic E-state index is -0.293. The number of nitrogens with zero attached hydrogens (tertiary/aromatic N) is 1. The summed E-state index contributed by atoms with van der Waals surface area (Å²) < 4.78 is 7.40. The molecule has 0 radical (unpaired) electrons. The second-order valence-electron chi connectivity index (χ2n) is 7.63. The molecule has 0 aliphatic rings. The summed E-state index contributed by atoms with van der Waals surface area (Å²) >= 11 is 0. The second-order valence-corrected chi connectivity index (χ2v) is 7.63. The van der Waals surface area contributed by atoms with Crippen molar-refractivity contribution in [2.45, 2.75) is 40.2 Å². The number of carbonyl (C=O) groups excluding carboxylic acids is 1. The number of rotatable bonds is 7. The summed E-state index contributed by atoms with van der Waals surface area (Å²) in [6, 6.07) is 19.5. The van der Waals surface area contributed by atoms with Crippen LogP contribution in [0, 0.1) is 5.92 Å². The fourth-order valence-corrected chi connectivity index (χ4v) is 3.66. The van der Waals surface area contributed by atoms with Gasteiger partial charge in [0.25, 0.3) is 0 Å². The van der Waals surface area contributed by atoms with Gasteiger partial charge in [-0.25, -0.2) is 4.79 Å². The van der Waals surface area contributed by atoms with Crippen LogP contribution in [-0.2, 0) is 9.53 Å². The lowest BCUT2D eigenvalue weighted by Gasteiger charge is -2.23. The summed E-state index contributed by atoms with van der Waals surface area (Å²) in [5.41, 5.74) is 4.49. The molecule has 2 aromatic carbocycles. The van der Waals surface area contributed by atoms with E-state index < -0.39 is 0 Å². The summed E-state index contributed by atoms with van der Waals surface area (Å²) in [5.74, 6) is 0.301. The number of fused-ring (bicyclic) bond motifs is 1. The SMILES string of the molecule is CCOC(=O)/C=C(\C)c1ccc2c(ccn2C(CC(C)C)c2ccccc2)c1. The molecule has 1 atom stereocenters. The fraction of sp³-hybridized carbons (Fsp3) is 0.320. The zero-order valence-electron chi connectivity index (χ0n) is 17.2. The molecule has 0 spiro atoms. The van der Waals surface area contributed by atoms with E-state index >= 15 is 0 Å². The number of benzene rings is 2. The molecular formula is C25H29NO2. The van der Waals surface area contributed by atoms with E-state index in [0.717, 1.165) is 17.6 Å². The Bertz CT molecular complexity index is 967. The molecule has 0 saturated carbocycles. The monoisotopic (exact) mass is 375 g/mol. The number of aromatic nitrogens is 1. The third-order valence-electron chi connectivity index (χ3n) is 5.01. The minimum Gasteiger partial charge on any atom is -0.463 e. The van der Waals surface area contributed by atoms with E-state index in [2.05, 4.69) is 79.2 Å². The summed E-state index contributed by atoms with van der Waals surface area (Å²) in [4.78, 5) is 11.7. The number of ether oxygens (including phenoxy) is 1. The van der Waals surface area contributed by atoms with Crippen molar-refractivity contribution in [3.05, 3.63) is 78.0 Å². The van der Waals surface area contributed by atoms with Gasteiger partial charge in [0, 0.05) is 23.2 Å². The summed E-state index contributed by atoms with van der Waals surface area (Å²) in [6.45, 7) is 8.69. The van der Waals surface area contributed by atoms with Crippen LogP contribution in [0.5, 0.6) is 0 Å². The van der Waals surface area contributed by atoms with Gasteiger partial charge in [-0.1, -0.05) is 50.2 Å². The Morgan fingerprint density at radius 1 is 1.11 bits per heavy atom. The summed E-state index contributed by atoms with van der Waals surface area (Å²) in [6.07, 6.45) is 4.82. The van der Waals surface area contributed by atoms with Gasteiger partial charge in [-0.3, -0.25) is 0 Å². The standard InChI is InChI=1S/C25H29NO2/c1-5-28-25(27)16-19(4)21-11-12-23-22(17-21)13-14-26(23)24(15-18(2)3)20-9-7-6-8-10-20/h6-14,16-18,24H,5,15H2,1-4H3/b19-16+. The van der Waals surface area contributed by atoms with Crippen molar-refractivity contribution >= 4 is 22.4 Å². The van der Waals surface area contributed by atoms with Crippen molar-refractivity contribution in [3.8, 4) is 0 Å². The van der Waals surface area contributed by atoms with Gasteiger partial charge in [0.15, 0.2) is 0 Å². The van der Waals surface area contributed by atoms with Gasteiger partial charge in [0.05, 0.1) is 12.6 Å². The molecule has 146 valence electrons. The predicted octanol–water partition coefficient (Wildman–Crippen LogP) is 6.24. The Morgan fingerprint density at radius 2 is 1.86 bits per heavy atom. The molecule has 0 amide bonds. The zero-order valence-corrected chi connectivity index (χ0v) is 17.2. The lowest BCUT2D eigenvalue weighted by Crippen LogP contribution is -2.12. The van der Waals surface area contributed by atoms with Crippen molar-refractivity contribution in [3.63, 3.8) is 0 Å². The van der Waals surface area contributed by atoms with Gasteiger partial charge in [0.2, 0.25) is 0 Å². The number of allylic oxidation sites excluding steroid dienone is 1. The van der Waals surface area contributed by atoms with Gasteiger partial charge in [-0.2, -0.15) is 0 Å². The first-order chi connectivity index (χ1) is 13.5. The van der Waals surface area contributed by atoms with E-state index in [0.29, 0.717) is 18.6 Å². The fourth-order valence-electron chi connectivity index (χ4n) is 3.66. The van der Waals surface area contributed by atoms with Crippen molar-refractivity contribution in [2.24, 2.45) is 5.92 Å². The van der Waals surface area contributed by atoms with E-state index in [1.807, 2.05) is 13.8 Å². The number of carbonyl (C=O) groups is 1. The third-order valence-corrected chi connectivity index (χ3v) is 5.01. The van der Waals surface area contributed by atoms with Crippen LogP contribution in [0.2, 0.25) is 0 Å². The average Bonchev–Trinajstić information content (AvgIpc) is 3.09. The third kappa shape index (κ3) is 4.53. The summed E-state index contributed by atoms with van der Waals surface area (Å²) in [7, 11) is 0. The molecule has 0 bridgehead atoms. The molecule has 0 fully saturated rings. The lowest BCUT2D eigenvalue weighted by molar-refractivity contribution is -0.137. The van der Waals surface area contributed by atoms with Crippen LogP contribution in [0.25, 0.3) is 16.5 Å². The van der Waals surface area contributed by atoms with Crippen LogP contribution in [0.3, 0.4) is 0 Å². The number of hydrogen-bond acceptors (Lipinski definition) is 2. The van der Waals surface area contributed by atoms with Crippen LogP contribution < -0.4 is 0 Å². The maximum Gasteiger partial charge on any atom is 0.331 e. The van der Waals surface area contributed by atoms with E-state index in [-0.39, 0.29) is 5.97 Å². The quantitative estimate of drug-likeness (QED) is 0.361. The molecule has 0 aliphatic heterocycles. The molecule has 1 unspecified atom stereocenters. The Kier molecular flexibility index (Phi) is 6.35. The van der Waals surface area contributed by atoms with Gasteiger partial charge < -0.3 is 9.30 Å². The average molecular weight is 376 g/mol. The van der Waals surface area contributed by atoms with Crippen LogP contribution in [0.15, 0.2) is 66.9 Å². The van der Waals surface area contributed by atoms with Crippen LogP contribution in [-0.4, -0.2) is 17.1 Å². The first-order valence-electron chi connectivity index (χ1n) is 10.0. The summed E-state index contributed by atoms with van der Waals surface area (Å²) in [5, 5.41) is 1.18. The topological polar surface area (TPSA) is 31.2 Å². The van der Waals surface area contributed by atoms with Crippen molar-refractivity contribution in [2.75, 3.05) is 6.61 Å². The molecule has 0 aliphatic carbocycles. The van der Waals surface area contributed by atoms with Crippen molar-refractivity contribution in [1.82, 2.24) is 4.57 Å². The number of hydrogen-bond donors (Lipinski definition) is 0. The maximum atomic E-state index is 11.7. The predicted molar refractivity (Wildman–Crippen MR) is 116 cm³/mol. The highest BCUT2D eigenvalue weighted by Crippen LogP contribution is 2.31. The molecule has 3 rings (SSSR count). The molecular weight excluding hydrogens is 346 g/mol. The Hall–Kier alpha value is -2.81. The Balaban J connectivity index is 1.98. The van der Waals surface area contributed by atoms with E-state index in [1.54, 1.807) is 6.08 Å². The highest BCUT2D eigenvalue weighted by molar-refractivity contribution is 5.93. The zero-order chi connectivity index (χ0) is 20.1. The number of esters is 1. The smallest absolute Gasteiger partial charge is 0.331 e. The lowest BCUT2D eigenvalue weighted by atomic mass is 9.96. The molecule has 1 heterocycles. The van der Waals surface area contributed by atoms with Gasteiger partial charge in [-0.15, -0.1) is 0 Å². The molecule has 0 saturated heterocycles. The van der Waals surface area contributed by atoms with Gasteiger partial charge in [-0.05, 0) is 61.1 Å². The highest BCUT2D eigenvalue weighted by atomic mass is 16.5. The van der Waals surface area contributed by atoms with Gasteiger partial charge >= 0.3 is 5.97 Å². The first kappa shape index (κ1) is 19.9. The normalized spacial score (nSPS) is 13.1. The minimum absolute atomic E-state index is 0.293.